The molecule has 22 heavy (non-hydrogen) atoms. The number of fused-ring (bicyclic) bond motifs is 1. The summed E-state index contributed by atoms with van der Waals surface area (Å²) in [5, 5.41) is 2.83. The van der Waals surface area contributed by atoms with Crippen molar-refractivity contribution >= 4 is 17.7 Å². The normalized spacial score (nSPS) is 13.4. The molecule has 3 amide bonds. The molecule has 1 N–H and O–H groups in total. The average Bonchev–Trinajstić information content (AvgIpc) is 2.77. The zero-order chi connectivity index (χ0) is 15.9. The second-order valence-electron chi connectivity index (χ2n) is 5.47. The predicted octanol–water partition coefficient (Wildman–Crippen LogP) is 2.37. The van der Waals surface area contributed by atoms with E-state index in [9.17, 15) is 14.4 Å². The summed E-state index contributed by atoms with van der Waals surface area (Å²) in [7, 11) is 0. The molecule has 0 atom stereocenters. The van der Waals surface area contributed by atoms with E-state index in [1.807, 2.05) is 0 Å². The summed E-state index contributed by atoms with van der Waals surface area (Å²) in [6.07, 6.45) is 4.56. The zero-order valence-electron chi connectivity index (χ0n) is 12.9. The lowest BCUT2D eigenvalue weighted by atomic mass is 10.1. The first kappa shape index (κ1) is 16.2. The van der Waals surface area contributed by atoms with Gasteiger partial charge in [-0.3, -0.25) is 19.3 Å². The fourth-order valence-electron chi connectivity index (χ4n) is 2.52. The van der Waals surface area contributed by atoms with Crippen LogP contribution in [0.3, 0.4) is 0 Å². The van der Waals surface area contributed by atoms with Gasteiger partial charge < -0.3 is 5.32 Å². The SMILES string of the molecule is CCCCCCNC(=O)CCN1C(=O)c2ccccc2C1=O. The highest BCUT2D eigenvalue weighted by Gasteiger charge is 2.34. The van der Waals surface area contributed by atoms with Crippen LogP contribution in [0.5, 0.6) is 0 Å². The van der Waals surface area contributed by atoms with Crippen molar-refractivity contribution in [3.8, 4) is 0 Å². The highest BCUT2D eigenvalue weighted by atomic mass is 16.2. The van der Waals surface area contributed by atoms with Gasteiger partial charge >= 0.3 is 0 Å². The Labute approximate surface area is 130 Å². The number of rotatable bonds is 8. The molecular weight excluding hydrogens is 280 g/mol. The van der Waals surface area contributed by atoms with Crippen molar-refractivity contribution in [2.75, 3.05) is 13.1 Å². The lowest BCUT2D eigenvalue weighted by Gasteiger charge is -2.13. The highest BCUT2D eigenvalue weighted by Crippen LogP contribution is 2.22. The molecule has 0 saturated carbocycles. The molecule has 0 aliphatic carbocycles. The number of hydrogen-bond donors (Lipinski definition) is 1. The second kappa shape index (κ2) is 7.73. The summed E-state index contributed by atoms with van der Waals surface area (Å²) in [5.41, 5.74) is 0.847. The monoisotopic (exact) mass is 302 g/mol. The van der Waals surface area contributed by atoms with Gasteiger partial charge in [0.15, 0.2) is 0 Å². The third-order valence-electron chi connectivity index (χ3n) is 3.79. The second-order valence-corrected chi connectivity index (χ2v) is 5.47. The van der Waals surface area contributed by atoms with Crippen molar-refractivity contribution in [1.29, 1.82) is 0 Å². The van der Waals surface area contributed by atoms with Crippen molar-refractivity contribution in [3.05, 3.63) is 35.4 Å². The van der Waals surface area contributed by atoms with E-state index in [4.69, 9.17) is 0 Å². The molecule has 2 rings (SSSR count). The van der Waals surface area contributed by atoms with Crippen molar-refractivity contribution in [1.82, 2.24) is 10.2 Å². The van der Waals surface area contributed by atoms with Gasteiger partial charge in [0.05, 0.1) is 11.1 Å². The molecular formula is C17H22N2O3. The summed E-state index contributed by atoms with van der Waals surface area (Å²) in [6.45, 7) is 2.93. The number of hydrogen-bond acceptors (Lipinski definition) is 3. The molecule has 0 bridgehead atoms. The number of benzene rings is 1. The van der Waals surface area contributed by atoms with E-state index >= 15 is 0 Å². The van der Waals surface area contributed by atoms with Gasteiger partial charge in [-0.2, -0.15) is 0 Å². The lowest BCUT2D eigenvalue weighted by molar-refractivity contribution is -0.121. The van der Waals surface area contributed by atoms with Gasteiger partial charge in [0.1, 0.15) is 0 Å². The average molecular weight is 302 g/mol. The summed E-state index contributed by atoms with van der Waals surface area (Å²) in [5.74, 6) is -0.735. The molecule has 5 nitrogen and oxygen atoms in total. The van der Waals surface area contributed by atoms with E-state index in [0.717, 1.165) is 24.2 Å². The van der Waals surface area contributed by atoms with Gasteiger partial charge in [-0.05, 0) is 18.6 Å². The molecule has 0 spiro atoms. The van der Waals surface area contributed by atoms with E-state index in [1.54, 1.807) is 24.3 Å². The number of nitrogens with zero attached hydrogens (tertiary/aromatic N) is 1. The van der Waals surface area contributed by atoms with Crippen LogP contribution in [-0.4, -0.2) is 35.7 Å². The van der Waals surface area contributed by atoms with Gasteiger partial charge in [0.2, 0.25) is 5.91 Å². The lowest BCUT2D eigenvalue weighted by Crippen LogP contribution is -2.34. The molecule has 1 aromatic rings. The Morgan fingerprint density at radius 3 is 2.27 bits per heavy atom. The first-order chi connectivity index (χ1) is 10.6. The molecule has 1 aliphatic rings. The van der Waals surface area contributed by atoms with Crippen molar-refractivity contribution in [3.63, 3.8) is 0 Å². The van der Waals surface area contributed by atoms with E-state index in [0.29, 0.717) is 17.7 Å². The summed E-state index contributed by atoms with van der Waals surface area (Å²) >= 11 is 0. The van der Waals surface area contributed by atoms with Crippen LogP contribution in [0.2, 0.25) is 0 Å². The highest BCUT2D eigenvalue weighted by molar-refractivity contribution is 6.21. The number of carbonyl (C=O) groups excluding carboxylic acids is 3. The molecule has 5 heteroatoms. The Bertz CT molecular complexity index is 534. The van der Waals surface area contributed by atoms with Gasteiger partial charge in [-0.25, -0.2) is 0 Å². The Balaban J connectivity index is 1.77. The van der Waals surface area contributed by atoms with Crippen LogP contribution in [0.15, 0.2) is 24.3 Å². The first-order valence-electron chi connectivity index (χ1n) is 7.87. The summed E-state index contributed by atoms with van der Waals surface area (Å²) < 4.78 is 0. The van der Waals surface area contributed by atoms with Gasteiger partial charge in [-0.1, -0.05) is 38.3 Å². The van der Waals surface area contributed by atoms with Crippen LogP contribution in [0.4, 0.5) is 0 Å². The maximum Gasteiger partial charge on any atom is 0.261 e. The Hall–Kier alpha value is -2.17. The van der Waals surface area contributed by atoms with Crippen LogP contribution in [0.1, 0.15) is 59.7 Å². The van der Waals surface area contributed by atoms with Gasteiger partial charge in [-0.15, -0.1) is 0 Å². The van der Waals surface area contributed by atoms with Gasteiger partial charge in [0.25, 0.3) is 11.8 Å². The first-order valence-corrected chi connectivity index (χ1v) is 7.87. The topological polar surface area (TPSA) is 66.5 Å². The van der Waals surface area contributed by atoms with Crippen molar-refractivity contribution in [2.24, 2.45) is 0 Å². The number of nitrogens with one attached hydrogen (secondary N) is 1. The Morgan fingerprint density at radius 2 is 1.68 bits per heavy atom. The summed E-state index contributed by atoms with van der Waals surface area (Å²) in [6, 6.07) is 6.75. The largest absolute Gasteiger partial charge is 0.356 e. The quantitative estimate of drug-likeness (QED) is 0.592. The third kappa shape index (κ3) is 3.72. The predicted molar refractivity (Wildman–Crippen MR) is 83.6 cm³/mol. The van der Waals surface area contributed by atoms with Crippen LogP contribution < -0.4 is 5.32 Å². The smallest absolute Gasteiger partial charge is 0.261 e. The maximum atomic E-state index is 12.1. The van der Waals surface area contributed by atoms with Gasteiger partial charge in [0, 0.05) is 19.5 Å². The van der Waals surface area contributed by atoms with Crippen LogP contribution in [-0.2, 0) is 4.79 Å². The summed E-state index contributed by atoms with van der Waals surface area (Å²) in [4.78, 5) is 37.2. The fraction of sp³-hybridized carbons (Fsp3) is 0.471. The molecule has 1 heterocycles. The minimum Gasteiger partial charge on any atom is -0.356 e. The molecule has 1 aromatic carbocycles. The fourth-order valence-corrected chi connectivity index (χ4v) is 2.52. The molecule has 0 aromatic heterocycles. The van der Waals surface area contributed by atoms with E-state index < -0.39 is 0 Å². The van der Waals surface area contributed by atoms with Crippen LogP contribution in [0.25, 0.3) is 0 Å². The zero-order valence-corrected chi connectivity index (χ0v) is 12.9. The maximum absolute atomic E-state index is 12.1. The Kier molecular flexibility index (Phi) is 5.69. The minimum atomic E-state index is -0.309. The molecule has 0 fully saturated rings. The number of imide groups is 1. The number of carbonyl (C=O) groups is 3. The van der Waals surface area contributed by atoms with Crippen molar-refractivity contribution < 1.29 is 14.4 Å². The molecule has 118 valence electrons. The molecule has 1 aliphatic heterocycles. The molecule has 0 saturated heterocycles. The minimum absolute atomic E-state index is 0.118. The van der Waals surface area contributed by atoms with E-state index in [1.165, 1.54) is 6.42 Å². The van der Waals surface area contributed by atoms with E-state index in [-0.39, 0.29) is 30.7 Å². The van der Waals surface area contributed by atoms with Crippen LogP contribution >= 0.6 is 0 Å². The number of amides is 3. The standard InChI is InChI=1S/C17H22N2O3/c1-2-3-4-7-11-18-15(20)10-12-19-16(21)13-8-5-6-9-14(13)17(19)22/h5-6,8-9H,2-4,7,10-12H2,1H3,(H,18,20). The molecule has 0 unspecified atom stereocenters. The molecule has 0 radical (unpaired) electrons. The van der Waals surface area contributed by atoms with Crippen LogP contribution in [0, 0.1) is 0 Å². The Morgan fingerprint density at radius 1 is 1.05 bits per heavy atom. The third-order valence-corrected chi connectivity index (χ3v) is 3.79. The van der Waals surface area contributed by atoms with E-state index in [2.05, 4.69) is 12.2 Å². The number of unbranched alkanes of at least 4 members (excludes halogenated alkanes) is 3. The van der Waals surface area contributed by atoms with Crippen molar-refractivity contribution in [2.45, 2.75) is 39.0 Å².